The van der Waals surface area contributed by atoms with Crippen molar-refractivity contribution in [2.45, 2.75) is 26.7 Å². The zero-order valence-electron chi connectivity index (χ0n) is 13.9. The van der Waals surface area contributed by atoms with Crippen LogP contribution in [0, 0.1) is 6.92 Å². The second-order valence-corrected chi connectivity index (χ2v) is 5.97. The molecular weight excluding hydrogens is 353 g/mol. The Morgan fingerprint density at radius 1 is 1.21 bits per heavy atom. The Morgan fingerprint density at radius 3 is 2.67 bits per heavy atom. The standard InChI is InChI=1S/C17H23Cl2NO4/c1-3-14-12-15(23-9-5-16(18)19)11-13(2)17(14)24-8-4-7-22-10-6-20-21/h5-6,11-12,21H,3-4,7-10H2,1-2H3. The summed E-state index contributed by atoms with van der Waals surface area (Å²) in [5.41, 5.74) is 2.10. The zero-order chi connectivity index (χ0) is 17.8. The monoisotopic (exact) mass is 375 g/mol. The average molecular weight is 376 g/mol. The van der Waals surface area contributed by atoms with Crippen LogP contribution in [0.5, 0.6) is 11.5 Å². The van der Waals surface area contributed by atoms with E-state index in [1.807, 2.05) is 19.1 Å². The molecule has 0 aromatic heterocycles. The van der Waals surface area contributed by atoms with Crippen LogP contribution < -0.4 is 9.47 Å². The second kappa shape index (κ2) is 12.0. The summed E-state index contributed by atoms with van der Waals surface area (Å²) < 4.78 is 16.9. The van der Waals surface area contributed by atoms with Crippen LogP contribution >= 0.6 is 23.2 Å². The third-order valence-corrected chi connectivity index (χ3v) is 3.46. The molecule has 0 aliphatic rings. The Kier molecular flexibility index (Phi) is 10.3. The van der Waals surface area contributed by atoms with Crippen molar-refractivity contribution in [3.05, 3.63) is 33.8 Å². The molecule has 1 rings (SSSR count). The molecule has 0 spiro atoms. The SMILES string of the molecule is CCc1cc(OCC=C(Cl)Cl)cc(C)c1OCCCOCC=NO. The van der Waals surface area contributed by atoms with Crippen molar-refractivity contribution in [2.75, 3.05) is 26.4 Å². The minimum Gasteiger partial charge on any atom is -0.493 e. The van der Waals surface area contributed by atoms with E-state index in [2.05, 4.69) is 12.1 Å². The molecular formula is C17H23Cl2NO4. The van der Waals surface area contributed by atoms with Gasteiger partial charge in [-0.15, -0.1) is 0 Å². The lowest BCUT2D eigenvalue weighted by Gasteiger charge is -2.15. The van der Waals surface area contributed by atoms with Gasteiger partial charge in [-0.1, -0.05) is 35.3 Å². The molecule has 1 aromatic carbocycles. The molecule has 0 aliphatic carbocycles. The zero-order valence-corrected chi connectivity index (χ0v) is 15.4. The molecule has 0 fully saturated rings. The first-order valence-corrected chi connectivity index (χ1v) is 8.48. The molecule has 1 aromatic rings. The van der Waals surface area contributed by atoms with Gasteiger partial charge >= 0.3 is 0 Å². The Morgan fingerprint density at radius 2 is 2.00 bits per heavy atom. The first kappa shape index (κ1) is 20.6. The fourth-order valence-corrected chi connectivity index (χ4v) is 2.20. The fraction of sp³-hybridized carbons (Fsp3) is 0.471. The van der Waals surface area contributed by atoms with E-state index in [0.29, 0.717) is 26.4 Å². The van der Waals surface area contributed by atoms with Crippen LogP contribution in [-0.2, 0) is 11.2 Å². The number of aryl methyl sites for hydroxylation is 2. The third-order valence-electron chi connectivity index (χ3n) is 3.15. The Labute approximate surface area is 152 Å². The molecule has 0 saturated carbocycles. The minimum absolute atomic E-state index is 0.190. The van der Waals surface area contributed by atoms with Crippen molar-refractivity contribution in [3.63, 3.8) is 0 Å². The molecule has 1 N–H and O–H groups in total. The number of benzene rings is 1. The predicted molar refractivity (Wildman–Crippen MR) is 97.1 cm³/mol. The van der Waals surface area contributed by atoms with Crippen LogP contribution in [0.1, 0.15) is 24.5 Å². The van der Waals surface area contributed by atoms with Crippen LogP contribution in [0.25, 0.3) is 0 Å². The summed E-state index contributed by atoms with van der Waals surface area (Å²) in [4.78, 5) is 0. The molecule has 0 amide bonds. The highest BCUT2D eigenvalue weighted by molar-refractivity contribution is 6.55. The highest BCUT2D eigenvalue weighted by Crippen LogP contribution is 2.30. The van der Waals surface area contributed by atoms with Gasteiger partial charge in [-0.05, 0) is 42.7 Å². The average Bonchev–Trinajstić information content (AvgIpc) is 2.54. The normalized spacial score (nSPS) is 10.8. The first-order chi connectivity index (χ1) is 11.6. The smallest absolute Gasteiger partial charge is 0.125 e. The topological polar surface area (TPSA) is 60.3 Å². The van der Waals surface area contributed by atoms with Crippen molar-refractivity contribution in [1.29, 1.82) is 0 Å². The molecule has 0 unspecified atom stereocenters. The summed E-state index contributed by atoms with van der Waals surface area (Å²) in [6, 6.07) is 3.89. The summed E-state index contributed by atoms with van der Waals surface area (Å²) >= 11 is 11.1. The van der Waals surface area contributed by atoms with E-state index in [4.69, 9.17) is 42.6 Å². The maximum absolute atomic E-state index is 8.25. The van der Waals surface area contributed by atoms with Crippen molar-refractivity contribution in [2.24, 2.45) is 5.16 Å². The largest absolute Gasteiger partial charge is 0.493 e. The molecule has 0 radical (unpaired) electrons. The first-order valence-electron chi connectivity index (χ1n) is 7.72. The van der Waals surface area contributed by atoms with Gasteiger partial charge in [0.1, 0.15) is 22.6 Å². The fourth-order valence-electron chi connectivity index (χ4n) is 2.07. The summed E-state index contributed by atoms with van der Waals surface area (Å²) in [6.45, 7) is 5.76. The quantitative estimate of drug-likeness (QED) is 0.267. The Bertz CT molecular complexity index is 558. The van der Waals surface area contributed by atoms with Crippen LogP contribution in [-0.4, -0.2) is 37.8 Å². The van der Waals surface area contributed by atoms with Crippen LogP contribution in [0.2, 0.25) is 0 Å². The van der Waals surface area contributed by atoms with E-state index in [-0.39, 0.29) is 4.49 Å². The Hall–Kier alpha value is -1.43. The van der Waals surface area contributed by atoms with Crippen LogP contribution in [0.4, 0.5) is 0 Å². The number of halogens is 2. The van der Waals surface area contributed by atoms with Crippen molar-refractivity contribution >= 4 is 29.4 Å². The van der Waals surface area contributed by atoms with E-state index in [9.17, 15) is 0 Å². The maximum atomic E-state index is 8.25. The van der Waals surface area contributed by atoms with Crippen LogP contribution in [0.15, 0.2) is 27.9 Å². The van der Waals surface area contributed by atoms with Crippen molar-refractivity contribution < 1.29 is 19.4 Å². The predicted octanol–water partition coefficient (Wildman–Crippen LogP) is 4.50. The van der Waals surface area contributed by atoms with Gasteiger partial charge in [0.25, 0.3) is 0 Å². The number of oxime groups is 1. The number of hydrogen-bond acceptors (Lipinski definition) is 5. The molecule has 24 heavy (non-hydrogen) atoms. The highest BCUT2D eigenvalue weighted by Gasteiger charge is 2.09. The Balaban J connectivity index is 2.56. The van der Waals surface area contributed by atoms with E-state index >= 15 is 0 Å². The summed E-state index contributed by atoms with van der Waals surface area (Å²) in [5, 5.41) is 11.1. The van der Waals surface area contributed by atoms with Gasteiger partial charge in [-0.2, -0.15) is 0 Å². The van der Waals surface area contributed by atoms with Gasteiger partial charge in [0.05, 0.1) is 26.0 Å². The van der Waals surface area contributed by atoms with Gasteiger partial charge in [-0.3, -0.25) is 0 Å². The summed E-state index contributed by atoms with van der Waals surface area (Å²) in [5.74, 6) is 1.64. The number of nitrogens with zero attached hydrogens (tertiary/aromatic N) is 1. The van der Waals surface area contributed by atoms with Crippen molar-refractivity contribution in [3.8, 4) is 11.5 Å². The molecule has 0 heterocycles. The minimum atomic E-state index is 0.190. The molecule has 5 nitrogen and oxygen atoms in total. The number of rotatable bonds is 11. The third kappa shape index (κ3) is 7.90. The lowest BCUT2D eigenvalue weighted by atomic mass is 10.1. The van der Waals surface area contributed by atoms with Crippen molar-refractivity contribution in [1.82, 2.24) is 0 Å². The number of hydrogen-bond donors (Lipinski definition) is 1. The second-order valence-electron chi connectivity index (χ2n) is 4.96. The summed E-state index contributed by atoms with van der Waals surface area (Å²) in [6.07, 6.45) is 4.48. The van der Waals surface area contributed by atoms with Gasteiger partial charge in [0, 0.05) is 6.42 Å². The maximum Gasteiger partial charge on any atom is 0.125 e. The summed E-state index contributed by atoms with van der Waals surface area (Å²) in [7, 11) is 0. The molecule has 7 heteroatoms. The van der Waals surface area contributed by atoms with Gasteiger partial charge in [0.15, 0.2) is 0 Å². The van der Waals surface area contributed by atoms with E-state index in [1.165, 1.54) is 6.21 Å². The van der Waals surface area contributed by atoms with E-state index < -0.39 is 0 Å². The lowest BCUT2D eigenvalue weighted by molar-refractivity contribution is 0.150. The lowest BCUT2D eigenvalue weighted by Crippen LogP contribution is -2.07. The van der Waals surface area contributed by atoms with E-state index in [1.54, 1.807) is 6.08 Å². The molecule has 0 aliphatic heterocycles. The molecule has 0 bridgehead atoms. The van der Waals surface area contributed by atoms with E-state index in [0.717, 1.165) is 35.5 Å². The van der Waals surface area contributed by atoms with Crippen LogP contribution in [0.3, 0.4) is 0 Å². The molecule has 0 atom stereocenters. The van der Waals surface area contributed by atoms with Gasteiger partial charge < -0.3 is 19.4 Å². The highest BCUT2D eigenvalue weighted by atomic mass is 35.5. The molecule has 0 saturated heterocycles. The van der Waals surface area contributed by atoms with Gasteiger partial charge in [0.2, 0.25) is 0 Å². The molecule has 134 valence electrons. The van der Waals surface area contributed by atoms with Gasteiger partial charge in [-0.25, -0.2) is 0 Å². The number of ether oxygens (including phenoxy) is 3.